The summed E-state index contributed by atoms with van der Waals surface area (Å²) in [5.74, 6) is 0.215. The van der Waals surface area contributed by atoms with Gasteiger partial charge < -0.3 is 9.80 Å². The van der Waals surface area contributed by atoms with Crippen molar-refractivity contribution in [3.05, 3.63) is 22.4 Å². The number of rotatable bonds is 5. The third kappa shape index (κ3) is 2.91. The maximum absolute atomic E-state index is 12.1. The summed E-state index contributed by atoms with van der Waals surface area (Å²) >= 11 is 1.70. The Morgan fingerprint density at radius 3 is 2.89 bits per heavy atom. The Balaban J connectivity index is 2.02. The Labute approximate surface area is 113 Å². The van der Waals surface area contributed by atoms with Crippen LogP contribution in [0.5, 0.6) is 0 Å². The summed E-state index contributed by atoms with van der Waals surface area (Å²) in [6.45, 7) is 3.77. The Bertz CT molecular complexity index is 391. The topological polar surface area (TPSA) is 35.6 Å². The molecule has 0 spiro atoms. The molecule has 0 bridgehead atoms. The van der Waals surface area contributed by atoms with E-state index in [1.807, 2.05) is 17.9 Å². The lowest BCUT2D eigenvalue weighted by Gasteiger charge is -2.24. The van der Waals surface area contributed by atoms with E-state index in [0.29, 0.717) is 0 Å². The van der Waals surface area contributed by atoms with Crippen molar-refractivity contribution in [1.82, 2.24) is 15.1 Å². The second-order valence-corrected chi connectivity index (χ2v) is 5.97. The van der Waals surface area contributed by atoms with E-state index in [1.54, 1.807) is 11.3 Å². The first-order chi connectivity index (χ1) is 8.59. The molecule has 2 heterocycles. The fraction of sp³-hybridized carbons (Fsp3) is 0.615. The van der Waals surface area contributed by atoms with Crippen LogP contribution >= 0.6 is 11.3 Å². The van der Waals surface area contributed by atoms with Crippen LogP contribution in [-0.4, -0.2) is 48.9 Å². The summed E-state index contributed by atoms with van der Waals surface area (Å²) in [7, 11) is 4.12. The van der Waals surface area contributed by atoms with Crippen molar-refractivity contribution < 1.29 is 4.79 Å². The van der Waals surface area contributed by atoms with Gasteiger partial charge in [-0.25, -0.2) is 0 Å². The molecule has 1 saturated heterocycles. The average molecular weight is 267 g/mol. The smallest absolute Gasteiger partial charge is 0.241 e. The van der Waals surface area contributed by atoms with Crippen LogP contribution in [-0.2, 0) is 4.79 Å². The van der Waals surface area contributed by atoms with Gasteiger partial charge in [-0.1, -0.05) is 6.07 Å². The number of hydrogen-bond donors (Lipinski definition) is 1. The van der Waals surface area contributed by atoms with Crippen molar-refractivity contribution in [2.45, 2.75) is 25.6 Å². The first kappa shape index (κ1) is 13.5. The van der Waals surface area contributed by atoms with Gasteiger partial charge in [0.05, 0.1) is 6.04 Å². The maximum atomic E-state index is 12.1. The van der Waals surface area contributed by atoms with Gasteiger partial charge in [0, 0.05) is 11.4 Å². The summed E-state index contributed by atoms with van der Waals surface area (Å²) in [4.78, 5) is 17.5. The molecule has 100 valence electrons. The van der Waals surface area contributed by atoms with Gasteiger partial charge in [-0.15, -0.1) is 11.3 Å². The fourth-order valence-electron chi connectivity index (χ4n) is 2.25. The standard InChI is InChI=1S/C13H21N3OS/c1-10-13(17)16(8-5-7-15(2)3)12(14-10)11-6-4-9-18-11/h4,6,9-10,12,14H,5,7-8H2,1-3H3. The van der Waals surface area contributed by atoms with Crippen LogP contribution in [0, 0.1) is 0 Å². The minimum atomic E-state index is -0.0727. The maximum Gasteiger partial charge on any atom is 0.241 e. The zero-order valence-electron chi connectivity index (χ0n) is 11.2. The van der Waals surface area contributed by atoms with Gasteiger partial charge in [-0.05, 0) is 45.4 Å². The van der Waals surface area contributed by atoms with Crippen molar-refractivity contribution >= 4 is 17.2 Å². The van der Waals surface area contributed by atoms with E-state index in [0.717, 1.165) is 19.5 Å². The van der Waals surface area contributed by atoms with Crippen LogP contribution in [0.1, 0.15) is 24.4 Å². The molecule has 18 heavy (non-hydrogen) atoms. The second-order valence-electron chi connectivity index (χ2n) is 4.99. The van der Waals surface area contributed by atoms with E-state index in [1.165, 1.54) is 4.88 Å². The van der Waals surface area contributed by atoms with Crippen molar-refractivity contribution in [2.24, 2.45) is 0 Å². The van der Waals surface area contributed by atoms with Crippen LogP contribution in [0.3, 0.4) is 0 Å². The van der Waals surface area contributed by atoms with Gasteiger partial charge in [0.2, 0.25) is 5.91 Å². The molecule has 1 N–H and O–H groups in total. The molecular weight excluding hydrogens is 246 g/mol. The summed E-state index contributed by atoms with van der Waals surface area (Å²) in [6, 6.07) is 4.05. The first-order valence-electron chi connectivity index (χ1n) is 6.34. The van der Waals surface area contributed by atoms with E-state index >= 15 is 0 Å². The van der Waals surface area contributed by atoms with Gasteiger partial charge in [0.15, 0.2) is 0 Å². The first-order valence-corrected chi connectivity index (χ1v) is 7.22. The average Bonchev–Trinajstić information content (AvgIpc) is 2.91. The van der Waals surface area contributed by atoms with Crippen LogP contribution in [0.25, 0.3) is 0 Å². The monoisotopic (exact) mass is 267 g/mol. The summed E-state index contributed by atoms with van der Waals surface area (Å²) < 4.78 is 0. The van der Waals surface area contributed by atoms with Gasteiger partial charge in [-0.2, -0.15) is 0 Å². The summed E-state index contributed by atoms with van der Waals surface area (Å²) in [5, 5.41) is 5.43. The third-order valence-electron chi connectivity index (χ3n) is 3.19. The second kappa shape index (κ2) is 5.82. The van der Waals surface area contributed by atoms with E-state index in [-0.39, 0.29) is 18.1 Å². The minimum Gasteiger partial charge on any atom is -0.321 e. The van der Waals surface area contributed by atoms with Crippen LogP contribution in [0.4, 0.5) is 0 Å². The Hall–Kier alpha value is -0.910. The van der Waals surface area contributed by atoms with Crippen molar-refractivity contribution in [3.63, 3.8) is 0 Å². The zero-order valence-corrected chi connectivity index (χ0v) is 12.0. The van der Waals surface area contributed by atoms with Gasteiger partial charge >= 0.3 is 0 Å². The molecule has 4 nitrogen and oxygen atoms in total. The number of thiophene rings is 1. The normalized spacial score (nSPS) is 24.2. The Morgan fingerprint density at radius 2 is 2.28 bits per heavy atom. The molecule has 0 aromatic carbocycles. The third-order valence-corrected chi connectivity index (χ3v) is 4.11. The lowest BCUT2D eigenvalue weighted by atomic mass is 10.3. The van der Waals surface area contributed by atoms with E-state index in [2.05, 4.69) is 35.8 Å². The molecule has 1 aromatic rings. The molecule has 1 aliphatic rings. The van der Waals surface area contributed by atoms with Crippen LogP contribution in [0.2, 0.25) is 0 Å². The van der Waals surface area contributed by atoms with Gasteiger partial charge in [-0.3, -0.25) is 10.1 Å². The highest BCUT2D eigenvalue weighted by Gasteiger charge is 2.36. The highest BCUT2D eigenvalue weighted by molar-refractivity contribution is 7.10. The molecule has 2 unspecified atom stereocenters. The van der Waals surface area contributed by atoms with Crippen LogP contribution in [0.15, 0.2) is 17.5 Å². The molecule has 5 heteroatoms. The van der Waals surface area contributed by atoms with Gasteiger partial charge in [0.25, 0.3) is 0 Å². The lowest BCUT2D eigenvalue weighted by molar-refractivity contribution is -0.129. The number of nitrogens with zero attached hydrogens (tertiary/aromatic N) is 2. The minimum absolute atomic E-state index is 0.0645. The van der Waals surface area contributed by atoms with Crippen molar-refractivity contribution in [3.8, 4) is 0 Å². The molecule has 1 aliphatic heterocycles. The van der Waals surface area contributed by atoms with Crippen LogP contribution < -0.4 is 5.32 Å². The summed E-state index contributed by atoms with van der Waals surface area (Å²) in [6.07, 6.45) is 1.07. The number of carbonyl (C=O) groups excluding carboxylic acids is 1. The number of carbonyl (C=O) groups is 1. The zero-order chi connectivity index (χ0) is 13.1. The SMILES string of the molecule is CC1NC(c2cccs2)N(CCCN(C)C)C1=O. The largest absolute Gasteiger partial charge is 0.321 e. The van der Waals surface area contributed by atoms with E-state index < -0.39 is 0 Å². The molecular formula is C13H21N3OS. The molecule has 1 fully saturated rings. The molecule has 2 atom stereocenters. The number of amides is 1. The molecule has 0 saturated carbocycles. The molecule has 1 amide bonds. The number of hydrogen-bond acceptors (Lipinski definition) is 4. The van der Waals surface area contributed by atoms with Crippen molar-refractivity contribution in [2.75, 3.05) is 27.2 Å². The quantitative estimate of drug-likeness (QED) is 0.878. The predicted molar refractivity (Wildman–Crippen MR) is 74.5 cm³/mol. The van der Waals surface area contributed by atoms with E-state index in [4.69, 9.17) is 0 Å². The van der Waals surface area contributed by atoms with Gasteiger partial charge in [0.1, 0.15) is 6.17 Å². The molecule has 2 rings (SSSR count). The lowest BCUT2D eigenvalue weighted by Crippen LogP contribution is -2.32. The Kier molecular flexibility index (Phi) is 4.37. The molecule has 0 radical (unpaired) electrons. The number of nitrogens with one attached hydrogen (secondary N) is 1. The summed E-state index contributed by atoms with van der Waals surface area (Å²) in [5.41, 5.74) is 0. The highest BCUT2D eigenvalue weighted by atomic mass is 32.1. The van der Waals surface area contributed by atoms with Crippen molar-refractivity contribution in [1.29, 1.82) is 0 Å². The predicted octanol–water partition coefficient (Wildman–Crippen LogP) is 1.52. The highest BCUT2D eigenvalue weighted by Crippen LogP contribution is 2.28. The molecule has 0 aliphatic carbocycles. The Morgan fingerprint density at radius 1 is 1.50 bits per heavy atom. The molecule has 1 aromatic heterocycles. The van der Waals surface area contributed by atoms with E-state index in [9.17, 15) is 4.79 Å². The fourth-order valence-corrected chi connectivity index (χ4v) is 3.05.